The van der Waals surface area contributed by atoms with Gasteiger partial charge in [0.05, 0.1) is 6.61 Å². The van der Waals surface area contributed by atoms with Crippen molar-refractivity contribution in [3.8, 4) is 0 Å². The summed E-state index contributed by atoms with van der Waals surface area (Å²) in [6.07, 6.45) is 1.53. The topological polar surface area (TPSA) is 48.3 Å². The molecule has 0 fully saturated rings. The SMILES string of the molecule is CCOC(=O)c1cc(CC)c(CC)n1C(C)=O. The van der Waals surface area contributed by atoms with Crippen LogP contribution in [0.3, 0.4) is 0 Å². The maximum absolute atomic E-state index is 11.8. The second-order valence-corrected chi connectivity index (χ2v) is 3.78. The molecular weight excluding hydrogens is 218 g/mol. The van der Waals surface area contributed by atoms with Gasteiger partial charge in [0, 0.05) is 12.6 Å². The molecule has 0 aromatic carbocycles. The van der Waals surface area contributed by atoms with Crippen molar-refractivity contribution in [1.82, 2.24) is 4.57 Å². The summed E-state index contributed by atoms with van der Waals surface area (Å²) in [7, 11) is 0. The maximum Gasteiger partial charge on any atom is 0.355 e. The molecule has 0 spiro atoms. The van der Waals surface area contributed by atoms with Gasteiger partial charge in [0.2, 0.25) is 5.91 Å². The summed E-state index contributed by atoms with van der Waals surface area (Å²) >= 11 is 0. The molecule has 94 valence electrons. The number of esters is 1. The Morgan fingerprint density at radius 3 is 2.29 bits per heavy atom. The number of aryl methyl sites for hydroxylation is 1. The molecule has 0 saturated heterocycles. The molecule has 0 aliphatic carbocycles. The minimum atomic E-state index is -0.433. The second-order valence-electron chi connectivity index (χ2n) is 3.78. The Labute approximate surface area is 102 Å². The molecule has 0 saturated carbocycles. The molecule has 4 nitrogen and oxygen atoms in total. The van der Waals surface area contributed by atoms with E-state index in [1.807, 2.05) is 13.8 Å². The summed E-state index contributed by atoms with van der Waals surface area (Å²) < 4.78 is 6.43. The van der Waals surface area contributed by atoms with Gasteiger partial charge in [0.25, 0.3) is 0 Å². The minimum absolute atomic E-state index is 0.149. The predicted octanol–water partition coefficient (Wildman–Crippen LogP) is 2.45. The standard InChI is InChI=1S/C13H19NO3/c1-5-10-8-12(13(16)17-7-3)14(9(4)15)11(10)6-2/h8H,5-7H2,1-4H3. The van der Waals surface area contributed by atoms with Crippen molar-refractivity contribution in [2.45, 2.75) is 40.5 Å². The molecule has 17 heavy (non-hydrogen) atoms. The Balaban J connectivity index is 3.33. The van der Waals surface area contributed by atoms with Crippen molar-refractivity contribution in [2.75, 3.05) is 6.61 Å². The van der Waals surface area contributed by atoms with E-state index in [0.717, 1.165) is 24.1 Å². The zero-order valence-electron chi connectivity index (χ0n) is 10.9. The predicted molar refractivity (Wildman–Crippen MR) is 65.4 cm³/mol. The van der Waals surface area contributed by atoms with Crippen LogP contribution in [0.25, 0.3) is 0 Å². The zero-order chi connectivity index (χ0) is 13.0. The Bertz CT molecular complexity index is 432. The van der Waals surface area contributed by atoms with Crippen LogP contribution in [0.5, 0.6) is 0 Å². The Hall–Kier alpha value is -1.58. The molecule has 1 aromatic rings. The fraction of sp³-hybridized carbons (Fsp3) is 0.538. The number of ether oxygens (including phenoxy) is 1. The molecule has 0 atom stereocenters. The summed E-state index contributed by atoms with van der Waals surface area (Å²) in [6.45, 7) is 7.50. The van der Waals surface area contributed by atoms with Crippen LogP contribution in [-0.2, 0) is 17.6 Å². The van der Waals surface area contributed by atoms with Crippen LogP contribution in [-0.4, -0.2) is 23.1 Å². The lowest BCUT2D eigenvalue weighted by atomic mass is 10.1. The van der Waals surface area contributed by atoms with Crippen molar-refractivity contribution in [3.05, 3.63) is 23.0 Å². The summed E-state index contributed by atoms with van der Waals surface area (Å²) in [5.41, 5.74) is 2.28. The van der Waals surface area contributed by atoms with Crippen LogP contribution >= 0.6 is 0 Å². The van der Waals surface area contributed by atoms with E-state index in [0.29, 0.717) is 12.3 Å². The first kappa shape index (κ1) is 13.5. The van der Waals surface area contributed by atoms with Crippen LogP contribution in [0.1, 0.15) is 54.2 Å². The molecule has 0 unspecified atom stereocenters. The molecule has 1 heterocycles. The highest BCUT2D eigenvalue weighted by atomic mass is 16.5. The fourth-order valence-corrected chi connectivity index (χ4v) is 2.01. The third kappa shape index (κ3) is 2.57. The summed E-state index contributed by atoms with van der Waals surface area (Å²) in [6, 6.07) is 1.76. The van der Waals surface area contributed by atoms with Gasteiger partial charge in [-0.1, -0.05) is 13.8 Å². The third-order valence-corrected chi connectivity index (χ3v) is 2.71. The van der Waals surface area contributed by atoms with Gasteiger partial charge >= 0.3 is 5.97 Å². The average molecular weight is 237 g/mol. The molecule has 1 aromatic heterocycles. The van der Waals surface area contributed by atoms with E-state index in [9.17, 15) is 9.59 Å². The third-order valence-electron chi connectivity index (χ3n) is 2.71. The monoisotopic (exact) mass is 237 g/mol. The van der Waals surface area contributed by atoms with E-state index in [1.54, 1.807) is 13.0 Å². The first-order chi connectivity index (χ1) is 8.06. The van der Waals surface area contributed by atoms with Gasteiger partial charge in [-0.3, -0.25) is 9.36 Å². The number of carbonyl (C=O) groups is 2. The maximum atomic E-state index is 11.8. The molecule has 0 aliphatic rings. The quantitative estimate of drug-likeness (QED) is 0.756. The van der Waals surface area contributed by atoms with Crippen LogP contribution in [0.4, 0.5) is 0 Å². The summed E-state index contributed by atoms with van der Waals surface area (Å²) in [5.74, 6) is -0.582. The number of hydrogen-bond donors (Lipinski definition) is 0. The number of carbonyl (C=O) groups excluding carboxylic acids is 2. The lowest BCUT2D eigenvalue weighted by Crippen LogP contribution is -2.18. The van der Waals surface area contributed by atoms with E-state index >= 15 is 0 Å². The number of rotatable bonds is 4. The molecule has 0 aliphatic heterocycles. The summed E-state index contributed by atoms with van der Waals surface area (Å²) in [5, 5.41) is 0. The second kappa shape index (κ2) is 5.66. The molecule has 0 bridgehead atoms. The average Bonchev–Trinajstić information content (AvgIpc) is 2.67. The van der Waals surface area contributed by atoms with Crippen LogP contribution in [0.2, 0.25) is 0 Å². The van der Waals surface area contributed by atoms with Crippen molar-refractivity contribution in [1.29, 1.82) is 0 Å². The lowest BCUT2D eigenvalue weighted by molar-refractivity contribution is 0.0508. The molecule has 1 rings (SSSR count). The van der Waals surface area contributed by atoms with Crippen LogP contribution in [0, 0.1) is 0 Å². The first-order valence-electron chi connectivity index (χ1n) is 5.98. The van der Waals surface area contributed by atoms with E-state index in [1.165, 1.54) is 11.5 Å². The number of hydrogen-bond acceptors (Lipinski definition) is 3. The highest BCUT2D eigenvalue weighted by Gasteiger charge is 2.21. The van der Waals surface area contributed by atoms with Gasteiger partial charge in [0.15, 0.2) is 0 Å². The summed E-state index contributed by atoms with van der Waals surface area (Å²) in [4.78, 5) is 23.4. The fourth-order valence-electron chi connectivity index (χ4n) is 2.01. The van der Waals surface area contributed by atoms with Crippen molar-refractivity contribution >= 4 is 11.9 Å². The van der Waals surface area contributed by atoms with E-state index in [4.69, 9.17) is 4.74 Å². The van der Waals surface area contributed by atoms with Gasteiger partial charge in [-0.25, -0.2) is 4.79 Å². The number of nitrogens with zero attached hydrogens (tertiary/aromatic N) is 1. The van der Waals surface area contributed by atoms with E-state index in [-0.39, 0.29) is 5.91 Å². The highest BCUT2D eigenvalue weighted by molar-refractivity contribution is 5.94. The smallest absolute Gasteiger partial charge is 0.355 e. The Morgan fingerprint density at radius 1 is 1.24 bits per heavy atom. The van der Waals surface area contributed by atoms with Gasteiger partial charge in [-0.05, 0) is 31.4 Å². The van der Waals surface area contributed by atoms with Crippen molar-refractivity contribution < 1.29 is 14.3 Å². The van der Waals surface area contributed by atoms with Gasteiger partial charge in [-0.15, -0.1) is 0 Å². The van der Waals surface area contributed by atoms with Crippen LogP contribution < -0.4 is 0 Å². The zero-order valence-corrected chi connectivity index (χ0v) is 10.9. The minimum Gasteiger partial charge on any atom is -0.461 e. The van der Waals surface area contributed by atoms with Gasteiger partial charge < -0.3 is 4.74 Å². The van der Waals surface area contributed by atoms with Crippen molar-refractivity contribution in [3.63, 3.8) is 0 Å². The van der Waals surface area contributed by atoms with Crippen LogP contribution in [0.15, 0.2) is 6.07 Å². The molecule has 0 N–H and O–H groups in total. The normalized spacial score (nSPS) is 10.4. The molecular formula is C13H19NO3. The Kier molecular flexibility index (Phi) is 4.49. The van der Waals surface area contributed by atoms with E-state index in [2.05, 4.69) is 0 Å². The first-order valence-corrected chi connectivity index (χ1v) is 5.98. The molecule has 0 amide bonds. The number of aromatic nitrogens is 1. The highest BCUT2D eigenvalue weighted by Crippen LogP contribution is 2.18. The van der Waals surface area contributed by atoms with Crippen molar-refractivity contribution in [2.24, 2.45) is 0 Å². The Morgan fingerprint density at radius 2 is 1.88 bits per heavy atom. The largest absolute Gasteiger partial charge is 0.461 e. The molecule has 0 radical (unpaired) electrons. The molecule has 4 heteroatoms. The lowest BCUT2D eigenvalue weighted by Gasteiger charge is -2.08. The van der Waals surface area contributed by atoms with Gasteiger partial charge in [-0.2, -0.15) is 0 Å². The van der Waals surface area contributed by atoms with E-state index < -0.39 is 5.97 Å². The van der Waals surface area contributed by atoms with Gasteiger partial charge in [0.1, 0.15) is 5.69 Å².